The second kappa shape index (κ2) is 8.31. The summed E-state index contributed by atoms with van der Waals surface area (Å²) in [6, 6.07) is 6.34. The summed E-state index contributed by atoms with van der Waals surface area (Å²) in [5.74, 6) is 0.654. The monoisotopic (exact) mass is 339 g/mol. The highest BCUT2D eigenvalue weighted by atomic mass is 32.2. The highest BCUT2D eigenvalue weighted by Crippen LogP contribution is 2.16. The lowest BCUT2D eigenvalue weighted by atomic mass is 10.1. The number of ether oxygens (including phenoxy) is 1. The fraction of sp³-hybridized carbons (Fsp3) is 0.562. The Bertz CT molecular complexity index is 616. The molecule has 0 aliphatic carbocycles. The van der Waals surface area contributed by atoms with Gasteiger partial charge in [0.2, 0.25) is 0 Å². The zero-order chi connectivity index (χ0) is 16.7. The van der Waals surface area contributed by atoms with Gasteiger partial charge in [0.25, 0.3) is 10.0 Å². The SMILES string of the molecule is CCCN1CCC(=NNS(=O)(=O)c2ccc(OCC)cc2)CC1. The lowest BCUT2D eigenvalue weighted by Crippen LogP contribution is -2.35. The van der Waals surface area contributed by atoms with Gasteiger partial charge >= 0.3 is 0 Å². The van der Waals surface area contributed by atoms with Crippen molar-refractivity contribution >= 4 is 15.7 Å². The Morgan fingerprint density at radius 3 is 2.39 bits per heavy atom. The number of nitrogens with one attached hydrogen (secondary N) is 1. The second-order valence-corrected chi connectivity index (χ2v) is 7.18. The smallest absolute Gasteiger partial charge is 0.276 e. The molecule has 6 nitrogen and oxygen atoms in total. The normalized spacial score (nSPS) is 16.2. The molecule has 0 spiro atoms. The molecule has 1 aromatic rings. The summed E-state index contributed by atoms with van der Waals surface area (Å²) in [6.45, 7) is 7.57. The Morgan fingerprint density at radius 2 is 1.83 bits per heavy atom. The molecular weight excluding hydrogens is 314 g/mol. The van der Waals surface area contributed by atoms with Crippen LogP contribution in [0.4, 0.5) is 0 Å². The summed E-state index contributed by atoms with van der Waals surface area (Å²) in [4.78, 5) is 4.91. The van der Waals surface area contributed by atoms with Gasteiger partial charge in [-0.05, 0) is 44.2 Å². The van der Waals surface area contributed by atoms with E-state index >= 15 is 0 Å². The van der Waals surface area contributed by atoms with Crippen LogP contribution in [0.15, 0.2) is 34.3 Å². The average Bonchev–Trinajstić information content (AvgIpc) is 2.55. The Labute approximate surface area is 138 Å². The number of rotatable bonds is 7. The molecule has 1 aromatic carbocycles. The fourth-order valence-electron chi connectivity index (χ4n) is 2.52. The first-order chi connectivity index (χ1) is 11.0. The third-order valence-electron chi connectivity index (χ3n) is 3.74. The van der Waals surface area contributed by atoms with Crippen molar-refractivity contribution < 1.29 is 13.2 Å². The summed E-state index contributed by atoms with van der Waals surface area (Å²) < 4.78 is 29.8. The zero-order valence-corrected chi connectivity index (χ0v) is 14.6. The van der Waals surface area contributed by atoms with E-state index < -0.39 is 10.0 Å². The highest BCUT2D eigenvalue weighted by molar-refractivity contribution is 7.89. The first kappa shape index (κ1) is 17.7. The van der Waals surface area contributed by atoms with Gasteiger partial charge in [-0.15, -0.1) is 0 Å². The van der Waals surface area contributed by atoms with Crippen molar-refractivity contribution in [2.45, 2.75) is 38.0 Å². The minimum Gasteiger partial charge on any atom is -0.494 e. The van der Waals surface area contributed by atoms with Crippen molar-refractivity contribution in [1.29, 1.82) is 0 Å². The molecule has 1 aliphatic rings. The minimum atomic E-state index is -3.62. The van der Waals surface area contributed by atoms with Crippen LogP contribution in [0.1, 0.15) is 33.1 Å². The van der Waals surface area contributed by atoms with Crippen LogP contribution in [0.2, 0.25) is 0 Å². The van der Waals surface area contributed by atoms with Crippen molar-refractivity contribution in [1.82, 2.24) is 9.73 Å². The molecule has 1 aliphatic heterocycles. The summed E-state index contributed by atoms with van der Waals surface area (Å²) in [5, 5.41) is 4.11. The summed E-state index contributed by atoms with van der Waals surface area (Å²) >= 11 is 0. The Hall–Kier alpha value is -1.60. The molecule has 0 bridgehead atoms. The van der Waals surface area contributed by atoms with Crippen LogP contribution in [-0.2, 0) is 10.0 Å². The van der Waals surface area contributed by atoms with E-state index in [-0.39, 0.29) is 4.90 Å². The maximum Gasteiger partial charge on any atom is 0.276 e. The van der Waals surface area contributed by atoms with E-state index in [2.05, 4.69) is 21.8 Å². The number of likely N-dealkylation sites (tertiary alicyclic amines) is 1. The van der Waals surface area contributed by atoms with Gasteiger partial charge in [0.1, 0.15) is 5.75 Å². The zero-order valence-electron chi connectivity index (χ0n) is 13.8. The molecule has 0 aromatic heterocycles. The molecule has 23 heavy (non-hydrogen) atoms. The van der Waals surface area contributed by atoms with Crippen molar-refractivity contribution in [2.75, 3.05) is 26.2 Å². The van der Waals surface area contributed by atoms with Gasteiger partial charge in [0, 0.05) is 31.6 Å². The quantitative estimate of drug-likeness (QED) is 0.773. The van der Waals surface area contributed by atoms with E-state index in [1.54, 1.807) is 12.1 Å². The van der Waals surface area contributed by atoms with Gasteiger partial charge in [-0.3, -0.25) is 0 Å². The average molecular weight is 339 g/mol. The third kappa shape index (κ3) is 5.21. The van der Waals surface area contributed by atoms with Gasteiger partial charge in [-0.1, -0.05) is 6.92 Å². The van der Waals surface area contributed by atoms with Crippen LogP contribution >= 0.6 is 0 Å². The molecule has 1 saturated heterocycles. The maximum absolute atomic E-state index is 12.2. The van der Waals surface area contributed by atoms with Gasteiger partial charge < -0.3 is 9.64 Å². The van der Waals surface area contributed by atoms with Crippen molar-refractivity contribution in [3.05, 3.63) is 24.3 Å². The second-order valence-electron chi connectivity index (χ2n) is 5.52. The molecule has 2 rings (SSSR count). The fourth-order valence-corrected chi connectivity index (χ4v) is 3.37. The number of piperidine rings is 1. The van der Waals surface area contributed by atoms with Gasteiger partial charge in [-0.2, -0.15) is 13.5 Å². The molecule has 0 saturated carbocycles. The molecular formula is C16H25N3O3S. The molecule has 0 amide bonds. The van der Waals surface area contributed by atoms with Crippen molar-refractivity contribution in [3.8, 4) is 5.75 Å². The molecule has 1 N–H and O–H groups in total. The van der Waals surface area contributed by atoms with Crippen molar-refractivity contribution in [3.63, 3.8) is 0 Å². The lowest BCUT2D eigenvalue weighted by Gasteiger charge is -2.26. The van der Waals surface area contributed by atoms with Crippen LogP contribution in [0.5, 0.6) is 5.75 Å². The third-order valence-corrected chi connectivity index (χ3v) is 4.97. The molecule has 1 heterocycles. The molecule has 0 radical (unpaired) electrons. The van der Waals surface area contributed by atoms with Gasteiger partial charge in [0.15, 0.2) is 0 Å². The highest BCUT2D eigenvalue weighted by Gasteiger charge is 2.17. The van der Waals surface area contributed by atoms with E-state index in [1.807, 2.05) is 6.92 Å². The van der Waals surface area contributed by atoms with E-state index in [9.17, 15) is 8.42 Å². The summed E-state index contributed by atoms with van der Waals surface area (Å²) in [7, 11) is -3.62. The molecule has 1 fully saturated rings. The predicted molar refractivity (Wildman–Crippen MR) is 91.3 cm³/mol. The number of nitrogens with zero attached hydrogens (tertiary/aromatic N) is 2. The van der Waals surface area contributed by atoms with E-state index in [0.717, 1.165) is 44.6 Å². The Morgan fingerprint density at radius 1 is 1.17 bits per heavy atom. The predicted octanol–water partition coefficient (Wildman–Crippen LogP) is 2.23. The number of benzene rings is 1. The standard InChI is InChI=1S/C16H25N3O3S/c1-3-11-19-12-9-14(10-13-19)17-18-23(20,21)16-7-5-15(6-8-16)22-4-2/h5-8,18H,3-4,9-13H2,1-2H3. The Balaban J connectivity index is 1.95. The largest absolute Gasteiger partial charge is 0.494 e. The number of sulfonamides is 1. The first-order valence-electron chi connectivity index (χ1n) is 8.07. The van der Waals surface area contributed by atoms with Gasteiger partial charge in [-0.25, -0.2) is 4.83 Å². The molecule has 0 atom stereocenters. The van der Waals surface area contributed by atoms with E-state index in [4.69, 9.17) is 4.74 Å². The van der Waals surface area contributed by atoms with Crippen LogP contribution in [0.3, 0.4) is 0 Å². The van der Waals surface area contributed by atoms with E-state index in [0.29, 0.717) is 12.4 Å². The maximum atomic E-state index is 12.2. The first-order valence-corrected chi connectivity index (χ1v) is 9.56. The minimum absolute atomic E-state index is 0.189. The Kier molecular flexibility index (Phi) is 6.41. The van der Waals surface area contributed by atoms with Crippen LogP contribution in [0, 0.1) is 0 Å². The summed E-state index contributed by atoms with van der Waals surface area (Å²) in [6.07, 6.45) is 2.76. The van der Waals surface area contributed by atoms with Crippen LogP contribution in [-0.4, -0.2) is 45.3 Å². The lowest BCUT2D eigenvalue weighted by molar-refractivity contribution is 0.275. The topological polar surface area (TPSA) is 71.0 Å². The van der Waals surface area contributed by atoms with Crippen LogP contribution in [0.25, 0.3) is 0 Å². The number of hydrazone groups is 1. The number of hydrogen-bond acceptors (Lipinski definition) is 5. The molecule has 7 heteroatoms. The van der Waals surface area contributed by atoms with Gasteiger partial charge in [0.05, 0.1) is 11.5 Å². The van der Waals surface area contributed by atoms with Crippen molar-refractivity contribution in [2.24, 2.45) is 5.10 Å². The number of hydrogen-bond donors (Lipinski definition) is 1. The molecule has 0 unspecified atom stereocenters. The van der Waals surface area contributed by atoms with E-state index in [1.165, 1.54) is 12.1 Å². The summed E-state index contributed by atoms with van der Waals surface area (Å²) in [5.41, 5.74) is 0.909. The molecule has 128 valence electrons. The van der Waals surface area contributed by atoms with Crippen LogP contribution < -0.4 is 9.57 Å².